The number of aromatic hydroxyl groups is 1. The first-order valence-corrected chi connectivity index (χ1v) is 8.03. The third-order valence-electron chi connectivity index (χ3n) is 2.15. The Morgan fingerprint density at radius 3 is 2.81 bits per heavy atom. The van der Waals surface area contributed by atoms with E-state index >= 15 is 0 Å². The summed E-state index contributed by atoms with van der Waals surface area (Å²) in [5.74, 6) is -1.56. The molecular formula is C11H8BrN3O4S2. The molecule has 3 N–H and O–H groups in total. The molecule has 2 aromatic rings. The van der Waals surface area contributed by atoms with Gasteiger partial charge < -0.3 is 10.2 Å². The largest absolute Gasteiger partial charge is 0.507 e. The number of phenols is 1. The summed E-state index contributed by atoms with van der Waals surface area (Å²) in [6, 6.07) is 4.42. The van der Waals surface area contributed by atoms with Crippen LogP contribution in [0.3, 0.4) is 0 Å². The Balaban J connectivity index is 2.02. The lowest BCUT2D eigenvalue weighted by Crippen LogP contribution is -2.11. The van der Waals surface area contributed by atoms with E-state index in [1.165, 1.54) is 6.07 Å². The minimum atomic E-state index is -0.953. The second kappa shape index (κ2) is 6.87. The molecule has 0 aliphatic heterocycles. The second-order valence-electron chi connectivity index (χ2n) is 3.68. The standard InChI is InChI=1S/C11H8BrN3O4S2/c12-6-2-1-5(3-7(6)16)9(19)13-10-14-15-11(21-10)20-4-8(17)18/h1-3,16H,4H2,(H,17,18)(H,13,14,19). The SMILES string of the molecule is O=C(O)CSc1nnc(NC(=O)c2ccc(Br)c(O)c2)s1. The smallest absolute Gasteiger partial charge is 0.313 e. The second-order valence-corrected chi connectivity index (χ2v) is 6.73. The molecule has 0 bridgehead atoms. The van der Waals surface area contributed by atoms with E-state index < -0.39 is 11.9 Å². The van der Waals surface area contributed by atoms with Gasteiger partial charge in [-0.3, -0.25) is 14.9 Å². The molecule has 0 saturated heterocycles. The fraction of sp³-hybridized carbons (Fsp3) is 0.0909. The third-order valence-corrected chi connectivity index (χ3v) is 4.78. The first-order chi connectivity index (χ1) is 9.95. The van der Waals surface area contributed by atoms with E-state index in [4.69, 9.17) is 5.11 Å². The van der Waals surface area contributed by atoms with Gasteiger partial charge in [-0.2, -0.15) is 0 Å². The molecule has 0 atom stereocenters. The van der Waals surface area contributed by atoms with Crippen molar-refractivity contribution in [2.75, 3.05) is 11.1 Å². The number of carboxylic acids is 1. The number of carbonyl (C=O) groups is 2. The summed E-state index contributed by atoms with van der Waals surface area (Å²) >= 11 is 5.23. The molecule has 10 heteroatoms. The van der Waals surface area contributed by atoms with E-state index in [0.717, 1.165) is 23.1 Å². The number of rotatable bonds is 5. The monoisotopic (exact) mass is 389 g/mol. The number of nitrogens with zero attached hydrogens (tertiary/aromatic N) is 2. The van der Waals surface area contributed by atoms with Crippen molar-refractivity contribution >= 4 is 56.0 Å². The topological polar surface area (TPSA) is 112 Å². The normalized spacial score (nSPS) is 10.3. The Morgan fingerprint density at radius 2 is 2.14 bits per heavy atom. The van der Waals surface area contributed by atoms with Gasteiger partial charge in [0, 0.05) is 5.56 Å². The van der Waals surface area contributed by atoms with Gasteiger partial charge in [0.25, 0.3) is 5.91 Å². The van der Waals surface area contributed by atoms with E-state index in [0.29, 0.717) is 8.81 Å². The molecule has 2 rings (SSSR count). The minimum absolute atomic E-state index is 0.0439. The predicted molar refractivity (Wildman–Crippen MR) is 82.0 cm³/mol. The summed E-state index contributed by atoms with van der Waals surface area (Å²) in [7, 11) is 0. The van der Waals surface area contributed by atoms with Crippen LogP contribution in [0.5, 0.6) is 5.75 Å². The highest BCUT2D eigenvalue weighted by molar-refractivity contribution is 9.10. The number of hydrogen-bond donors (Lipinski definition) is 3. The van der Waals surface area contributed by atoms with E-state index in [9.17, 15) is 14.7 Å². The number of thioether (sulfide) groups is 1. The predicted octanol–water partition coefficient (Wildman–Crippen LogP) is 2.44. The molecule has 0 saturated carbocycles. The first-order valence-electron chi connectivity index (χ1n) is 5.43. The highest BCUT2D eigenvalue weighted by Gasteiger charge is 2.12. The summed E-state index contributed by atoms with van der Waals surface area (Å²) in [4.78, 5) is 22.4. The first kappa shape index (κ1) is 15.7. The Hall–Kier alpha value is -1.65. The molecule has 7 nitrogen and oxygen atoms in total. The maximum Gasteiger partial charge on any atom is 0.313 e. The highest BCUT2D eigenvalue weighted by Crippen LogP contribution is 2.27. The van der Waals surface area contributed by atoms with E-state index in [-0.39, 0.29) is 22.2 Å². The molecular weight excluding hydrogens is 382 g/mol. The van der Waals surface area contributed by atoms with Gasteiger partial charge in [-0.1, -0.05) is 23.1 Å². The summed E-state index contributed by atoms with van der Waals surface area (Å²) in [5.41, 5.74) is 0.269. The molecule has 21 heavy (non-hydrogen) atoms. The van der Waals surface area contributed by atoms with Crippen LogP contribution < -0.4 is 5.32 Å². The van der Waals surface area contributed by atoms with Crippen molar-refractivity contribution in [3.05, 3.63) is 28.2 Å². The van der Waals surface area contributed by atoms with Gasteiger partial charge >= 0.3 is 5.97 Å². The number of carbonyl (C=O) groups excluding carboxylic acids is 1. The third kappa shape index (κ3) is 4.41. The van der Waals surface area contributed by atoms with Crippen molar-refractivity contribution in [1.29, 1.82) is 0 Å². The fourth-order valence-corrected chi connectivity index (χ4v) is 2.98. The number of anilines is 1. The molecule has 0 aliphatic carbocycles. The Bertz CT molecular complexity index is 692. The van der Waals surface area contributed by atoms with Crippen LogP contribution >= 0.6 is 39.0 Å². The van der Waals surface area contributed by atoms with Crippen molar-refractivity contribution < 1.29 is 19.8 Å². The summed E-state index contributed by atoms with van der Waals surface area (Å²) in [5, 5.41) is 28.4. The van der Waals surface area contributed by atoms with Gasteiger partial charge in [0.05, 0.1) is 10.2 Å². The zero-order valence-electron chi connectivity index (χ0n) is 10.2. The fourth-order valence-electron chi connectivity index (χ4n) is 1.27. The Kier molecular flexibility index (Phi) is 5.15. The van der Waals surface area contributed by atoms with E-state index in [2.05, 4.69) is 31.4 Å². The molecule has 110 valence electrons. The van der Waals surface area contributed by atoms with Crippen molar-refractivity contribution in [2.45, 2.75) is 4.34 Å². The molecule has 0 spiro atoms. The van der Waals surface area contributed by atoms with Crippen LogP contribution in [0.1, 0.15) is 10.4 Å². The molecule has 0 radical (unpaired) electrons. The van der Waals surface area contributed by atoms with Gasteiger partial charge in [0.2, 0.25) is 5.13 Å². The zero-order valence-corrected chi connectivity index (χ0v) is 13.5. The number of carboxylic acid groups (broad SMARTS) is 1. The van der Waals surface area contributed by atoms with Gasteiger partial charge in [-0.25, -0.2) is 0 Å². The lowest BCUT2D eigenvalue weighted by Gasteiger charge is -2.02. The summed E-state index contributed by atoms with van der Waals surface area (Å²) < 4.78 is 0.939. The molecule has 1 aromatic heterocycles. The van der Waals surface area contributed by atoms with Crippen molar-refractivity contribution in [3.63, 3.8) is 0 Å². The number of halogens is 1. The number of amides is 1. The summed E-state index contributed by atoms with van der Waals surface area (Å²) in [6.07, 6.45) is 0. The number of benzene rings is 1. The average Bonchev–Trinajstić information content (AvgIpc) is 2.87. The Morgan fingerprint density at radius 1 is 1.38 bits per heavy atom. The van der Waals surface area contributed by atoms with Crippen molar-refractivity contribution in [2.24, 2.45) is 0 Å². The van der Waals surface area contributed by atoms with Crippen LogP contribution in [0, 0.1) is 0 Å². The van der Waals surface area contributed by atoms with Crippen LogP contribution in [0.2, 0.25) is 0 Å². The zero-order chi connectivity index (χ0) is 15.4. The molecule has 1 heterocycles. The lowest BCUT2D eigenvalue weighted by atomic mass is 10.2. The van der Waals surface area contributed by atoms with Crippen LogP contribution in [0.25, 0.3) is 0 Å². The molecule has 0 aliphatic rings. The van der Waals surface area contributed by atoms with E-state index in [1.54, 1.807) is 12.1 Å². The highest BCUT2D eigenvalue weighted by atomic mass is 79.9. The maximum absolute atomic E-state index is 12.0. The quantitative estimate of drug-likeness (QED) is 0.531. The van der Waals surface area contributed by atoms with Gasteiger partial charge in [-0.05, 0) is 34.1 Å². The van der Waals surface area contributed by atoms with E-state index in [1.807, 2.05) is 0 Å². The Labute approximate surface area is 135 Å². The van der Waals surface area contributed by atoms with Gasteiger partial charge in [-0.15, -0.1) is 10.2 Å². The average molecular weight is 390 g/mol. The van der Waals surface area contributed by atoms with Crippen LogP contribution in [-0.4, -0.2) is 38.0 Å². The minimum Gasteiger partial charge on any atom is -0.507 e. The molecule has 0 unspecified atom stereocenters. The molecule has 1 aromatic carbocycles. The lowest BCUT2D eigenvalue weighted by molar-refractivity contribution is -0.133. The van der Waals surface area contributed by atoms with Crippen molar-refractivity contribution in [3.8, 4) is 5.75 Å². The molecule has 0 fully saturated rings. The number of phenolic OH excluding ortho intramolecular Hbond substituents is 1. The number of hydrogen-bond acceptors (Lipinski definition) is 7. The van der Waals surface area contributed by atoms with Gasteiger partial charge in [0.15, 0.2) is 4.34 Å². The number of aromatic nitrogens is 2. The van der Waals surface area contributed by atoms with Crippen LogP contribution in [-0.2, 0) is 4.79 Å². The van der Waals surface area contributed by atoms with Crippen LogP contribution in [0.4, 0.5) is 5.13 Å². The van der Waals surface area contributed by atoms with Crippen LogP contribution in [0.15, 0.2) is 27.0 Å². The number of aliphatic carboxylic acids is 1. The molecule has 1 amide bonds. The maximum atomic E-state index is 12.0. The van der Waals surface area contributed by atoms with Crippen molar-refractivity contribution in [1.82, 2.24) is 10.2 Å². The number of nitrogens with one attached hydrogen (secondary N) is 1. The van der Waals surface area contributed by atoms with Gasteiger partial charge in [0.1, 0.15) is 5.75 Å². The summed E-state index contributed by atoms with van der Waals surface area (Å²) in [6.45, 7) is 0.